The molecule has 1 aromatic heterocycles. The SMILES string of the molecule is CNc1cc(COC(C)C(C)C)ccn1. The van der Waals surface area contributed by atoms with E-state index in [-0.39, 0.29) is 6.10 Å². The highest BCUT2D eigenvalue weighted by Crippen LogP contribution is 2.11. The molecule has 1 atom stereocenters. The van der Waals surface area contributed by atoms with Gasteiger partial charge in [-0.15, -0.1) is 0 Å². The van der Waals surface area contributed by atoms with Gasteiger partial charge in [0.2, 0.25) is 0 Å². The minimum Gasteiger partial charge on any atom is -0.374 e. The van der Waals surface area contributed by atoms with Crippen LogP contribution >= 0.6 is 0 Å². The molecule has 1 N–H and O–H groups in total. The molecule has 3 nitrogen and oxygen atoms in total. The summed E-state index contributed by atoms with van der Waals surface area (Å²) in [6.45, 7) is 7.08. The van der Waals surface area contributed by atoms with Crippen molar-refractivity contribution in [2.45, 2.75) is 33.5 Å². The van der Waals surface area contributed by atoms with Crippen LogP contribution < -0.4 is 5.32 Å². The van der Waals surface area contributed by atoms with Gasteiger partial charge in [-0.2, -0.15) is 0 Å². The molecular formula is C12H20N2O. The summed E-state index contributed by atoms with van der Waals surface area (Å²) in [5, 5.41) is 3.01. The number of aromatic nitrogens is 1. The zero-order valence-corrected chi connectivity index (χ0v) is 9.95. The predicted molar refractivity (Wildman–Crippen MR) is 62.9 cm³/mol. The van der Waals surface area contributed by atoms with Crippen LogP contribution in [0.2, 0.25) is 0 Å². The smallest absolute Gasteiger partial charge is 0.125 e. The number of rotatable bonds is 5. The minimum absolute atomic E-state index is 0.288. The molecule has 0 aromatic carbocycles. The molecule has 0 bridgehead atoms. The van der Waals surface area contributed by atoms with E-state index in [4.69, 9.17) is 4.74 Å². The van der Waals surface area contributed by atoms with Crippen molar-refractivity contribution < 1.29 is 4.74 Å². The maximum atomic E-state index is 5.73. The minimum atomic E-state index is 0.288. The number of hydrogen-bond donors (Lipinski definition) is 1. The fourth-order valence-corrected chi connectivity index (χ4v) is 1.12. The lowest BCUT2D eigenvalue weighted by Crippen LogP contribution is -2.15. The van der Waals surface area contributed by atoms with Gasteiger partial charge in [0.15, 0.2) is 0 Å². The van der Waals surface area contributed by atoms with Crippen LogP contribution in [0, 0.1) is 5.92 Å². The van der Waals surface area contributed by atoms with Crippen molar-refractivity contribution in [2.75, 3.05) is 12.4 Å². The van der Waals surface area contributed by atoms with E-state index in [0.717, 1.165) is 11.4 Å². The highest BCUT2D eigenvalue weighted by molar-refractivity contribution is 5.36. The lowest BCUT2D eigenvalue weighted by Gasteiger charge is -2.16. The molecule has 1 unspecified atom stereocenters. The molecule has 1 heterocycles. The molecule has 0 aliphatic carbocycles. The van der Waals surface area contributed by atoms with E-state index in [2.05, 4.69) is 31.1 Å². The summed E-state index contributed by atoms with van der Waals surface area (Å²) < 4.78 is 5.73. The molecule has 0 fully saturated rings. The first-order valence-corrected chi connectivity index (χ1v) is 5.37. The number of hydrogen-bond acceptors (Lipinski definition) is 3. The Morgan fingerprint density at radius 3 is 2.73 bits per heavy atom. The number of pyridine rings is 1. The van der Waals surface area contributed by atoms with Crippen molar-refractivity contribution in [3.8, 4) is 0 Å². The maximum Gasteiger partial charge on any atom is 0.125 e. The average molecular weight is 208 g/mol. The molecule has 0 amide bonds. The summed E-state index contributed by atoms with van der Waals surface area (Å²) in [6, 6.07) is 3.99. The summed E-state index contributed by atoms with van der Waals surface area (Å²) in [5.41, 5.74) is 1.15. The van der Waals surface area contributed by atoms with Crippen LogP contribution in [0.5, 0.6) is 0 Å². The third-order valence-corrected chi connectivity index (χ3v) is 2.53. The highest BCUT2D eigenvalue weighted by atomic mass is 16.5. The van der Waals surface area contributed by atoms with Gasteiger partial charge in [0, 0.05) is 13.2 Å². The molecular weight excluding hydrogens is 188 g/mol. The van der Waals surface area contributed by atoms with Crippen LogP contribution in [0.15, 0.2) is 18.3 Å². The Bertz CT molecular complexity index is 299. The van der Waals surface area contributed by atoms with Crippen LogP contribution in [-0.2, 0) is 11.3 Å². The van der Waals surface area contributed by atoms with E-state index >= 15 is 0 Å². The van der Waals surface area contributed by atoms with Crippen LogP contribution in [0.4, 0.5) is 5.82 Å². The molecule has 15 heavy (non-hydrogen) atoms. The first kappa shape index (κ1) is 12.0. The zero-order valence-electron chi connectivity index (χ0n) is 9.95. The standard InChI is InChI=1S/C12H20N2O/c1-9(2)10(3)15-8-11-5-6-14-12(7-11)13-4/h5-7,9-10H,8H2,1-4H3,(H,13,14). The molecule has 0 aliphatic heterocycles. The molecule has 3 heteroatoms. The maximum absolute atomic E-state index is 5.73. The van der Waals surface area contributed by atoms with Gasteiger partial charge in [-0.3, -0.25) is 0 Å². The number of nitrogens with one attached hydrogen (secondary N) is 1. The van der Waals surface area contributed by atoms with Gasteiger partial charge in [-0.1, -0.05) is 13.8 Å². The Balaban J connectivity index is 2.50. The largest absolute Gasteiger partial charge is 0.374 e. The monoisotopic (exact) mass is 208 g/mol. The van der Waals surface area contributed by atoms with Crippen LogP contribution in [0.3, 0.4) is 0 Å². The highest BCUT2D eigenvalue weighted by Gasteiger charge is 2.07. The van der Waals surface area contributed by atoms with Crippen molar-refractivity contribution in [1.29, 1.82) is 0 Å². The second-order valence-electron chi connectivity index (χ2n) is 4.06. The van der Waals surface area contributed by atoms with E-state index in [1.807, 2.05) is 19.2 Å². The summed E-state index contributed by atoms with van der Waals surface area (Å²) >= 11 is 0. The molecule has 1 aromatic rings. The van der Waals surface area contributed by atoms with Crippen LogP contribution in [-0.4, -0.2) is 18.1 Å². The van der Waals surface area contributed by atoms with Gasteiger partial charge in [-0.25, -0.2) is 4.98 Å². The van der Waals surface area contributed by atoms with Gasteiger partial charge >= 0.3 is 0 Å². The summed E-state index contributed by atoms with van der Waals surface area (Å²) in [7, 11) is 1.86. The van der Waals surface area contributed by atoms with Gasteiger partial charge in [0.05, 0.1) is 12.7 Å². The van der Waals surface area contributed by atoms with Gasteiger partial charge in [-0.05, 0) is 30.5 Å². The van der Waals surface area contributed by atoms with E-state index in [1.54, 1.807) is 6.20 Å². The van der Waals surface area contributed by atoms with Crippen molar-refractivity contribution in [3.63, 3.8) is 0 Å². The van der Waals surface area contributed by atoms with Crippen molar-refractivity contribution >= 4 is 5.82 Å². The molecule has 0 saturated carbocycles. The lowest BCUT2D eigenvalue weighted by atomic mass is 10.1. The zero-order chi connectivity index (χ0) is 11.3. The first-order chi connectivity index (χ1) is 7.13. The Hall–Kier alpha value is -1.09. The van der Waals surface area contributed by atoms with Gasteiger partial charge in [0.1, 0.15) is 5.82 Å². The molecule has 0 spiro atoms. The molecule has 0 radical (unpaired) electrons. The number of anilines is 1. The molecule has 0 saturated heterocycles. The Morgan fingerprint density at radius 1 is 1.40 bits per heavy atom. The topological polar surface area (TPSA) is 34.1 Å². The van der Waals surface area contributed by atoms with E-state index in [9.17, 15) is 0 Å². The molecule has 0 aliphatic rings. The third-order valence-electron chi connectivity index (χ3n) is 2.53. The van der Waals surface area contributed by atoms with E-state index in [0.29, 0.717) is 12.5 Å². The summed E-state index contributed by atoms with van der Waals surface area (Å²) in [5.74, 6) is 1.43. The normalized spacial score (nSPS) is 12.9. The van der Waals surface area contributed by atoms with Crippen LogP contribution in [0.25, 0.3) is 0 Å². The number of ether oxygens (including phenoxy) is 1. The summed E-state index contributed by atoms with van der Waals surface area (Å²) in [6.07, 6.45) is 2.08. The quantitative estimate of drug-likeness (QED) is 0.807. The molecule has 84 valence electrons. The Labute approximate surface area is 91.9 Å². The van der Waals surface area contributed by atoms with Gasteiger partial charge < -0.3 is 10.1 Å². The third kappa shape index (κ3) is 3.88. The first-order valence-electron chi connectivity index (χ1n) is 5.37. The van der Waals surface area contributed by atoms with E-state index < -0.39 is 0 Å². The second-order valence-corrected chi connectivity index (χ2v) is 4.06. The molecule has 1 rings (SSSR count). The Morgan fingerprint density at radius 2 is 2.13 bits per heavy atom. The van der Waals surface area contributed by atoms with E-state index in [1.165, 1.54) is 0 Å². The average Bonchev–Trinajstić information content (AvgIpc) is 2.26. The second kappa shape index (κ2) is 5.71. The van der Waals surface area contributed by atoms with Crippen molar-refractivity contribution in [1.82, 2.24) is 4.98 Å². The van der Waals surface area contributed by atoms with Crippen LogP contribution in [0.1, 0.15) is 26.3 Å². The van der Waals surface area contributed by atoms with Crippen molar-refractivity contribution in [2.24, 2.45) is 5.92 Å². The lowest BCUT2D eigenvalue weighted by molar-refractivity contribution is 0.0235. The van der Waals surface area contributed by atoms with Crippen molar-refractivity contribution in [3.05, 3.63) is 23.9 Å². The predicted octanol–water partition coefficient (Wildman–Crippen LogP) is 2.68. The fraction of sp³-hybridized carbons (Fsp3) is 0.583. The Kier molecular flexibility index (Phi) is 4.56. The van der Waals surface area contributed by atoms with Gasteiger partial charge in [0.25, 0.3) is 0 Å². The fourth-order valence-electron chi connectivity index (χ4n) is 1.12. The number of nitrogens with zero attached hydrogens (tertiary/aromatic N) is 1. The summed E-state index contributed by atoms with van der Waals surface area (Å²) in [4.78, 5) is 4.15.